The summed E-state index contributed by atoms with van der Waals surface area (Å²) in [4.78, 5) is 55.7. The number of aliphatic imine (C=N–C) groups is 1. The van der Waals surface area contributed by atoms with Crippen LogP contribution in [0.3, 0.4) is 0 Å². The molecule has 0 aliphatic carbocycles. The fraction of sp³-hybridized carbons (Fsp3) is 0.360. The number of nitrogens with zero attached hydrogens (tertiary/aromatic N) is 3. The summed E-state index contributed by atoms with van der Waals surface area (Å²) in [6, 6.07) is 12.0. The summed E-state index contributed by atoms with van der Waals surface area (Å²) in [6.45, 7) is 0.336. The zero-order valence-electron chi connectivity index (χ0n) is 20.7. The average Bonchev–Trinajstić information content (AvgIpc) is 3.45. The van der Waals surface area contributed by atoms with Crippen LogP contribution in [0.5, 0.6) is 5.75 Å². The van der Waals surface area contributed by atoms with Crippen LogP contribution in [0, 0.1) is 10.1 Å². The first-order valence-corrected chi connectivity index (χ1v) is 12.1. The van der Waals surface area contributed by atoms with Gasteiger partial charge in [0.2, 0.25) is 11.8 Å². The van der Waals surface area contributed by atoms with Crippen LogP contribution in [-0.2, 0) is 14.4 Å². The van der Waals surface area contributed by atoms with Crippen molar-refractivity contribution in [3.63, 3.8) is 0 Å². The highest BCUT2D eigenvalue weighted by molar-refractivity contribution is 6.05. The van der Waals surface area contributed by atoms with Gasteiger partial charge in [-0.15, -0.1) is 0 Å². The Hall–Kier alpha value is -4.52. The molecule has 3 rings (SSSR count). The number of nitrogens with two attached hydrogens (primary N) is 2. The third-order valence-corrected chi connectivity index (χ3v) is 5.86. The van der Waals surface area contributed by atoms with Gasteiger partial charge in [0.1, 0.15) is 11.8 Å². The van der Waals surface area contributed by atoms with Gasteiger partial charge in [0.15, 0.2) is 12.6 Å². The fourth-order valence-electron chi connectivity index (χ4n) is 4.01. The normalized spacial score (nSPS) is 15.2. The van der Waals surface area contributed by atoms with E-state index in [2.05, 4.69) is 15.6 Å². The predicted octanol–water partition coefficient (Wildman–Crippen LogP) is 1.14. The molecule has 1 aliphatic heterocycles. The maximum Gasteiger partial charge on any atom is 0.269 e. The van der Waals surface area contributed by atoms with Crippen LogP contribution in [0.1, 0.15) is 25.7 Å². The second kappa shape index (κ2) is 13.7. The number of anilines is 1. The standard InChI is InChI=1S/C25H31N7O6/c26-25(27)29-15-5-9-21(23(34)30-17-10-12-18(13-11-17)32(36)37)31(24(35)20-8-4-14-28-20)22(33)16-38-19-6-2-1-3-7-19/h1-3,6-7,10-13,20-21,28H,4-5,8-9,14-16H2,(H,30,34)(H4,26,27,29)/t20-,21-/m0/s1. The predicted molar refractivity (Wildman–Crippen MR) is 140 cm³/mol. The third kappa shape index (κ3) is 8.00. The molecule has 38 heavy (non-hydrogen) atoms. The molecular weight excluding hydrogens is 494 g/mol. The lowest BCUT2D eigenvalue weighted by Gasteiger charge is -2.31. The molecule has 13 nitrogen and oxygen atoms in total. The van der Waals surface area contributed by atoms with Gasteiger partial charge in [0.25, 0.3) is 11.6 Å². The highest BCUT2D eigenvalue weighted by Gasteiger charge is 2.39. The zero-order valence-corrected chi connectivity index (χ0v) is 20.7. The Morgan fingerprint density at radius 3 is 2.47 bits per heavy atom. The second-order valence-electron chi connectivity index (χ2n) is 8.61. The largest absolute Gasteiger partial charge is 0.484 e. The summed E-state index contributed by atoms with van der Waals surface area (Å²) >= 11 is 0. The number of carbonyl (C=O) groups excluding carboxylic acids is 3. The Balaban J connectivity index is 1.86. The lowest BCUT2D eigenvalue weighted by atomic mass is 10.1. The highest BCUT2D eigenvalue weighted by atomic mass is 16.6. The van der Waals surface area contributed by atoms with Crippen LogP contribution in [0.15, 0.2) is 59.6 Å². The van der Waals surface area contributed by atoms with Crippen LogP contribution in [0.25, 0.3) is 0 Å². The summed E-state index contributed by atoms with van der Waals surface area (Å²) in [5, 5.41) is 16.7. The van der Waals surface area contributed by atoms with Crippen molar-refractivity contribution in [1.82, 2.24) is 10.2 Å². The molecule has 6 N–H and O–H groups in total. The molecule has 2 aromatic rings. The van der Waals surface area contributed by atoms with Crippen molar-refractivity contribution in [3.05, 3.63) is 64.7 Å². The van der Waals surface area contributed by atoms with Crippen LogP contribution in [-0.4, -0.2) is 65.3 Å². The summed E-state index contributed by atoms with van der Waals surface area (Å²) in [5.41, 5.74) is 10.9. The number of ether oxygens (including phenoxy) is 1. The van der Waals surface area contributed by atoms with Gasteiger partial charge >= 0.3 is 0 Å². The smallest absolute Gasteiger partial charge is 0.269 e. The van der Waals surface area contributed by atoms with Gasteiger partial charge in [-0.05, 0) is 56.5 Å². The summed E-state index contributed by atoms with van der Waals surface area (Å²) < 4.78 is 5.59. The van der Waals surface area contributed by atoms with E-state index in [0.29, 0.717) is 25.1 Å². The molecule has 1 heterocycles. The molecular formula is C25H31N7O6. The number of nitrogens with one attached hydrogen (secondary N) is 2. The van der Waals surface area contributed by atoms with E-state index in [4.69, 9.17) is 16.2 Å². The Bertz CT molecular complexity index is 1150. The monoisotopic (exact) mass is 525 g/mol. The van der Waals surface area contributed by atoms with Crippen LogP contribution in [0.4, 0.5) is 11.4 Å². The van der Waals surface area contributed by atoms with E-state index in [1.165, 1.54) is 24.3 Å². The summed E-state index contributed by atoms with van der Waals surface area (Å²) in [7, 11) is 0. The Kier molecular flexibility index (Phi) is 10.1. The molecule has 0 unspecified atom stereocenters. The van der Waals surface area contributed by atoms with E-state index in [1.807, 2.05) is 0 Å². The van der Waals surface area contributed by atoms with Crippen molar-refractivity contribution in [3.8, 4) is 5.75 Å². The molecule has 0 bridgehead atoms. The third-order valence-electron chi connectivity index (χ3n) is 5.86. The zero-order chi connectivity index (χ0) is 27.5. The molecule has 0 radical (unpaired) electrons. The van der Waals surface area contributed by atoms with Crippen molar-refractivity contribution in [1.29, 1.82) is 0 Å². The molecule has 202 valence electrons. The molecule has 2 atom stereocenters. The summed E-state index contributed by atoms with van der Waals surface area (Å²) in [6.07, 6.45) is 1.64. The number of nitro groups is 1. The van der Waals surface area contributed by atoms with Crippen molar-refractivity contribution in [2.45, 2.75) is 37.8 Å². The Morgan fingerprint density at radius 2 is 1.87 bits per heavy atom. The van der Waals surface area contributed by atoms with Gasteiger partial charge in [-0.2, -0.15) is 0 Å². The molecule has 13 heteroatoms. The molecule has 3 amide bonds. The van der Waals surface area contributed by atoms with Crippen molar-refractivity contribution < 1.29 is 24.0 Å². The number of nitro benzene ring substituents is 1. The molecule has 0 spiro atoms. The van der Waals surface area contributed by atoms with E-state index < -0.39 is 41.3 Å². The minimum atomic E-state index is -1.21. The number of hydrogen-bond acceptors (Lipinski definition) is 8. The molecule has 2 aromatic carbocycles. The number of imide groups is 1. The van der Waals surface area contributed by atoms with Crippen LogP contribution < -0.4 is 26.8 Å². The lowest BCUT2D eigenvalue weighted by molar-refractivity contribution is -0.384. The van der Waals surface area contributed by atoms with Gasteiger partial charge in [-0.25, -0.2) is 0 Å². The van der Waals surface area contributed by atoms with Crippen molar-refractivity contribution in [2.24, 2.45) is 16.5 Å². The molecule has 1 fully saturated rings. The first-order chi connectivity index (χ1) is 18.3. The first kappa shape index (κ1) is 28.1. The Labute approximate surface area is 219 Å². The molecule has 0 saturated carbocycles. The maximum absolute atomic E-state index is 13.5. The fourth-order valence-corrected chi connectivity index (χ4v) is 4.01. The quantitative estimate of drug-likeness (QED) is 0.103. The van der Waals surface area contributed by atoms with Gasteiger partial charge in [0, 0.05) is 24.4 Å². The van der Waals surface area contributed by atoms with Gasteiger partial charge in [0.05, 0.1) is 11.0 Å². The molecule has 0 aromatic heterocycles. The molecule has 1 aliphatic rings. The second-order valence-corrected chi connectivity index (χ2v) is 8.61. The minimum absolute atomic E-state index is 0.0745. The highest BCUT2D eigenvalue weighted by Crippen LogP contribution is 2.20. The number of rotatable bonds is 12. The topological polar surface area (TPSA) is 195 Å². The van der Waals surface area contributed by atoms with E-state index in [0.717, 1.165) is 11.3 Å². The van der Waals surface area contributed by atoms with Crippen molar-refractivity contribution in [2.75, 3.05) is 25.0 Å². The molecule has 1 saturated heterocycles. The van der Waals surface area contributed by atoms with Gasteiger partial charge in [-0.1, -0.05) is 18.2 Å². The lowest BCUT2D eigenvalue weighted by Crippen LogP contribution is -2.56. The van der Waals surface area contributed by atoms with Crippen LogP contribution in [0.2, 0.25) is 0 Å². The number of benzene rings is 2. The number of guanidine groups is 1. The minimum Gasteiger partial charge on any atom is -0.484 e. The number of non-ortho nitro benzene ring substituents is 1. The van der Waals surface area contributed by atoms with Crippen LogP contribution >= 0.6 is 0 Å². The number of para-hydroxylation sites is 1. The summed E-state index contributed by atoms with van der Waals surface area (Å²) in [5.74, 6) is -1.53. The number of amides is 3. The van der Waals surface area contributed by atoms with Crippen molar-refractivity contribution >= 4 is 35.1 Å². The van der Waals surface area contributed by atoms with Gasteiger partial charge < -0.3 is 26.8 Å². The first-order valence-electron chi connectivity index (χ1n) is 12.1. The van der Waals surface area contributed by atoms with E-state index >= 15 is 0 Å². The van der Waals surface area contributed by atoms with E-state index in [-0.39, 0.29) is 30.3 Å². The average molecular weight is 526 g/mol. The van der Waals surface area contributed by atoms with E-state index in [9.17, 15) is 24.5 Å². The van der Waals surface area contributed by atoms with E-state index in [1.54, 1.807) is 30.3 Å². The maximum atomic E-state index is 13.5. The number of carbonyl (C=O) groups is 3. The van der Waals surface area contributed by atoms with Gasteiger partial charge in [-0.3, -0.25) is 34.4 Å². The SMILES string of the molecule is NC(N)=NCCC[C@@H](C(=O)Nc1ccc([N+](=O)[O-])cc1)N(C(=O)COc1ccccc1)C(=O)[C@@H]1CCCN1. The number of hydrogen-bond donors (Lipinski definition) is 4. The Morgan fingerprint density at radius 1 is 1.16 bits per heavy atom.